The number of ether oxygens (including phenoxy) is 3. The first-order valence-corrected chi connectivity index (χ1v) is 36.8. The standard InChI is InChI=1S/C15H12O.2C14H16O.7C2H6.B16.B15.B14/c1-16-15-8-4-7-13-9-11-5-2-3-6-12(11)10-14(13)15;2*1-14(2,3)15-13-10-6-8-11-7-4-5-9-12(11)13;7*1-2;1-10(2)14(9)16(13(7)8)15(11(3)4)12(5)6;1-9-13(8)15(12(6)7)14(10(2)3)11(4)5;1-9(2)13(10(3)4)14(11(5)6)12(7)8/h2-10H,1H3;2*4-10H,1-3H3;7*1-2H3;;;. The Morgan fingerprint density at radius 3 is 0.762 bits per heavy atom. The van der Waals surface area contributed by atoms with Gasteiger partial charge in [0.15, 0.2) is 0 Å². The quantitative estimate of drug-likeness (QED) is 0.0867. The minimum atomic E-state index is -0.807. The monoisotopic (exact) mass is 1310 g/mol. The zero-order valence-electron chi connectivity index (χ0n) is 68.0. The smallest absolute Gasteiger partial charge is 0.127 e. The summed E-state index contributed by atoms with van der Waals surface area (Å²) >= 11 is 0. The highest BCUT2D eigenvalue weighted by atomic mass is 16.5. The minimum Gasteiger partial charge on any atom is -0.496 e. The maximum Gasteiger partial charge on any atom is 0.127 e. The summed E-state index contributed by atoms with van der Waals surface area (Å²) in [6.45, 7) is 40.4. The Bertz CT molecular complexity index is 3030. The van der Waals surface area contributed by atoms with Crippen LogP contribution in [0, 0.1) is 0 Å². The van der Waals surface area contributed by atoms with Crippen molar-refractivity contribution >= 4 is 365 Å². The fourth-order valence-electron chi connectivity index (χ4n) is 10.3. The molecular formula is C57H86B45O3. The maximum atomic E-state index is 5.91. The van der Waals surface area contributed by atoms with Crippen LogP contribution in [0.5, 0.6) is 17.2 Å². The molecule has 3 nitrogen and oxygen atoms in total. The Balaban J connectivity index is -0.000000270. The first-order chi connectivity index (χ1) is 49.3. The van der Waals surface area contributed by atoms with Crippen molar-refractivity contribution in [1.29, 1.82) is 0 Å². The van der Waals surface area contributed by atoms with E-state index in [9.17, 15) is 0 Å². The van der Waals surface area contributed by atoms with Crippen LogP contribution < -0.4 is 14.2 Å². The summed E-state index contributed by atoms with van der Waals surface area (Å²) in [7, 11) is 142. The molecule has 0 aliphatic heterocycles. The number of fused-ring (bicyclic) bond motifs is 4. The lowest BCUT2D eigenvalue weighted by Gasteiger charge is -2.37. The first kappa shape index (κ1) is 114. The van der Waals surface area contributed by atoms with Crippen LogP contribution in [0.3, 0.4) is 0 Å². The van der Waals surface area contributed by atoms with Gasteiger partial charge in [-0.15, -0.1) is 0 Å². The van der Waals surface area contributed by atoms with Crippen LogP contribution in [0.4, 0.5) is 0 Å². The Kier molecular flexibility index (Phi) is 69.8. The molecule has 7 rings (SSSR count). The van der Waals surface area contributed by atoms with Gasteiger partial charge in [0, 0.05) is 338 Å². The number of methoxy groups -OCH3 is 1. The van der Waals surface area contributed by atoms with Crippen molar-refractivity contribution in [2.75, 3.05) is 7.11 Å². The molecule has 467 valence electrons. The van der Waals surface area contributed by atoms with Gasteiger partial charge in [-0.1, -0.05) is 206 Å². The van der Waals surface area contributed by atoms with Crippen LogP contribution in [0.15, 0.2) is 140 Å². The van der Waals surface area contributed by atoms with Gasteiger partial charge >= 0.3 is 0 Å². The molecule has 0 heterocycles. The third-order valence-corrected chi connectivity index (χ3v) is 14.6. The third-order valence-electron chi connectivity index (χ3n) is 14.6. The van der Waals surface area contributed by atoms with E-state index in [0.29, 0.717) is 0 Å². The summed E-state index contributed by atoms with van der Waals surface area (Å²) in [6, 6.07) is 47.8. The van der Waals surface area contributed by atoms with Gasteiger partial charge in [0.2, 0.25) is 0 Å². The van der Waals surface area contributed by atoms with Crippen LogP contribution in [-0.4, -0.2) is 340 Å². The second-order valence-electron chi connectivity index (χ2n) is 24.4. The molecule has 0 saturated carbocycles. The molecule has 0 aliphatic rings. The molecule has 7 aromatic rings. The molecule has 48 heteroatoms. The minimum absolute atomic E-state index is 0.149. The van der Waals surface area contributed by atoms with Crippen molar-refractivity contribution in [3.63, 3.8) is 0 Å². The van der Waals surface area contributed by atoms with Crippen LogP contribution in [0.2, 0.25) is 0 Å². The highest BCUT2D eigenvalue weighted by Crippen LogP contribution is 2.31. The van der Waals surface area contributed by atoms with E-state index in [4.69, 9.17) is 208 Å². The molecule has 0 fully saturated rings. The van der Waals surface area contributed by atoms with Crippen molar-refractivity contribution in [3.05, 3.63) is 140 Å². The molecule has 105 heavy (non-hydrogen) atoms. The largest absolute Gasteiger partial charge is 0.496 e. The van der Waals surface area contributed by atoms with E-state index >= 15 is 0 Å². The molecule has 0 saturated heterocycles. The van der Waals surface area contributed by atoms with Crippen LogP contribution in [-0.2, 0) is 0 Å². The number of hydrogen-bond acceptors (Lipinski definition) is 3. The molecule has 0 aromatic heterocycles. The van der Waals surface area contributed by atoms with Gasteiger partial charge in [0.25, 0.3) is 0 Å². The fraction of sp³-hybridized carbons (Fsp3) is 0.404. The molecule has 0 N–H and O–H groups in total. The summed E-state index contributed by atoms with van der Waals surface area (Å²) in [5.41, 5.74) is -0.297. The molecule has 7 aromatic carbocycles. The highest BCUT2D eigenvalue weighted by molar-refractivity contribution is 8.15. The van der Waals surface area contributed by atoms with E-state index in [2.05, 4.69) is 120 Å². The zero-order chi connectivity index (χ0) is 83.4. The average Bonchev–Trinajstić information content (AvgIpc) is 0.803. The lowest BCUT2D eigenvalue weighted by Crippen LogP contribution is -2.75. The second-order valence-corrected chi connectivity index (χ2v) is 24.4. The van der Waals surface area contributed by atoms with Crippen molar-refractivity contribution in [3.8, 4) is 17.2 Å². The predicted octanol–water partition coefficient (Wildman–Crippen LogP) is 2.08. The summed E-state index contributed by atoms with van der Waals surface area (Å²) in [5.74, 6) is 2.85. The molecule has 0 aliphatic carbocycles. The molecule has 0 unspecified atom stereocenters. The lowest BCUT2D eigenvalue weighted by atomic mass is 8.44. The van der Waals surface area contributed by atoms with E-state index in [-0.39, 0.29) is 11.2 Å². The van der Waals surface area contributed by atoms with E-state index in [0.717, 1.165) is 17.2 Å². The third kappa shape index (κ3) is 44.7. The Labute approximate surface area is 687 Å². The maximum absolute atomic E-state index is 5.91. The Morgan fingerprint density at radius 1 is 0.257 bits per heavy atom. The summed E-state index contributed by atoms with van der Waals surface area (Å²) < 4.78 is 17.2. The summed E-state index contributed by atoms with van der Waals surface area (Å²) in [4.78, 5) is 0. The molecule has 51 radical (unpaired) electrons. The van der Waals surface area contributed by atoms with Crippen LogP contribution >= 0.6 is 0 Å². The summed E-state index contributed by atoms with van der Waals surface area (Å²) in [6.07, 6.45) is -12.9. The van der Waals surface area contributed by atoms with Crippen molar-refractivity contribution in [1.82, 2.24) is 0 Å². The van der Waals surface area contributed by atoms with Gasteiger partial charge in [-0.25, -0.2) is 0 Å². The van der Waals surface area contributed by atoms with Gasteiger partial charge in [0.1, 0.15) is 28.5 Å². The first-order valence-electron chi connectivity index (χ1n) is 36.8. The van der Waals surface area contributed by atoms with Gasteiger partial charge in [0.05, 0.1) is 7.11 Å². The molecule has 0 atom stereocenters. The van der Waals surface area contributed by atoms with E-state index in [1.54, 1.807) is 7.11 Å². The van der Waals surface area contributed by atoms with Crippen molar-refractivity contribution in [2.45, 2.75) is 150 Å². The highest BCUT2D eigenvalue weighted by Gasteiger charge is 2.40. The lowest BCUT2D eigenvalue weighted by molar-refractivity contribution is 0.132. The topological polar surface area (TPSA) is 27.7 Å². The van der Waals surface area contributed by atoms with Gasteiger partial charge in [-0.2, -0.15) is 0 Å². The Hall–Kier alpha value is -2.10. The normalized spacial score (nSPS) is 9.19. The second kappa shape index (κ2) is 64.4. The Morgan fingerprint density at radius 2 is 0.495 bits per heavy atom. The van der Waals surface area contributed by atoms with E-state index in [1.165, 1.54) is 50.2 Å². The number of hydrogen-bond donors (Lipinski definition) is 0. The van der Waals surface area contributed by atoms with Gasteiger partial charge in [-0.05, 0) is 98.8 Å². The van der Waals surface area contributed by atoms with Crippen LogP contribution in [0.25, 0.3) is 43.1 Å². The van der Waals surface area contributed by atoms with Gasteiger partial charge in [-0.3, -0.25) is 0 Å². The SMILES string of the molecule is CC.CC.CC.CC.CC.CC.CC.CC(C)(C)Oc1cccc2ccccc12.CC(C)(C)Oc1cccc2ccccc12.COc1cccc2cc3ccccc3cc12.[B]B([B])B(B([B])[B])B(B([B])[B])B([B])[B].[B]B([B])B([B])B(B([B])[B])B(B([B])[B])B([B])[B].[B][B]B([B])B(B([B])[B])B(B([B])[B])B([B])[B]. The van der Waals surface area contributed by atoms with Crippen molar-refractivity contribution in [2.24, 2.45) is 0 Å². The fourth-order valence-corrected chi connectivity index (χ4v) is 10.3. The number of rotatable bonds is 20. The van der Waals surface area contributed by atoms with Gasteiger partial charge < -0.3 is 14.2 Å². The zero-order valence-corrected chi connectivity index (χ0v) is 68.0. The van der Waals surface area contributed by atoms with Crippen LogP contribution in [0.1, 0.15) is 138 Å². The molecule has 0 spiro atoms. The van der Waals surface area contributed by atoms with Crippen molar-refractivity contribution < 1.29 is 14.2 Å². The summed E-state index contributed by atoms with van der Waals surface area (Å²) in [5, 5.41) is 9.70. The number of benzene rings is 7. The van der Waals surface area contributed by atoms with E-state index < -0.39 is 121 Å². The average molecular weight is 1310 g/mol. The predicted molar refractivity (Wildman–Crippen MR) is 535 cm³/mol. The molecule has 0 bridgehead atoms. The van der Waals surface area contributed by atoms with E-state index in [1.807, 2.05) is 158 Å². The molecule has 0 amide bonds. The molecular weight excluding hydrogens is 1220 g/mol.